The highest BCUT2D eigenvalue weighted by Crippen LogP contribution is 2.22. The number of esters is 2. The number of carbonyl (C=O) groups excluding carboxylic acids is 2. The van der Waals surface area contributed by atoms with Crippen LogP contribution in [-0.4, -0.2) is 24.1 Å². The van der Waals surface area contributed by atoms with Crippen molar-refractivity contribution in [3.05, 3.63) is 34.3 Å². The molecule has 0 unspecified atom stereocenters. The lowest BCUT2D eigenvalue weighted by Gasteiger charge is -2.20. The maximum atomic E-state index is 12.1. The number of aryl methyl sites for hydroxylation is 1. The lowest BCUT2D eigenvalue weighted by molar-refractivity contribution is -0.143. The predicted octanol–water partition coefficient (Wildman–Crippen LogP) is 3.79. The molecule has 0 fully saturated rings. The second-order valence-electron chi connectivity index (χ2n) is 5.62. The molecule has 1 aromatic carbocycles. The molecule has 0 N–H and O–H groups in total. The van der Waals surface area contributed by atoms with E-state index in [0.29, 0.717) is 23.6 Å². The van der Waals surface area contributed by atoms with Gasteiger partial charge in [-0.05, 0) is 51.8 Å². The van der Waals surface area contributed by atoms with Gasteiger partial charge in [-0.25, -0.2) is 4.79 Å². The highest BCUT2D eigenvalue weighted by molar-refractivity contribution is 6.33. The molecule has 0 saturated carbocycles. The summed E-state index contributed by atoms with van der Waals surface area (Å²) < 4.78 is 10.2. The highest BCUT2D eigenvalue weighted by Gasteiger charge is 2.20. The van der Waals surface area contributed by atoms with Crippen molar-refractivity contribution in [2.24, 2.45) is 0 Å². The molecule has 0 aliphatic heterocycles. The van der Waals surface area contributed by atoms with Gasteiger partial charge in [-0.15, -0.1) is 0 Å². The molecule has 4 nitrogen and oxygen atoms in total. The number of halogens is 1. The van der Waals surface area contributed by atoms with E-state index < -0.39 is 11.6 Å². The minimum atomic E-state index is -0.582. The molecule has 0 bridgehead atoms. The third-order valence-electron chi connectivity index (χ3n) is 2.57. The van der Waals surface area contributed by atoms with Crippen molar-refractivity contribution >= 4 is 23.5 Å². The second kappa shape index (κ2) is 7.46. The lowest BCUT2D eigenvalue weighted by Crippen LogP contribution is -2.24. The summed E-state index contributed by atoms with van der Waals surface area (Å²) in [6, 6.07) is 5.09. The van der Waals surface area contributed by atoms with Gasteiger partial charge in [0.25, 0.3) is 0 Å². The van der Waals surface area contributed by atoms with E-state index in [1.165, 1.54) is 0 Å². The van der Waals surface area contributed by atoms with E-state index in [1.807, 2.05) is 0 Å². The van der Waals surface area contributed by atoms with Crippen molar-refractivity contribution in [2.75, 3.05) is 6.61 Å². The molecule has 116 valence electrons. The Bertz CT molecular complexity index is 517. The van der Waals surface area contributed by atoms with Gasteiger partial charge in [-0.2, -0.15) is 0 Å². The molecule has 0 amide bonds. The van der Waals surface area contributed by atoms with Crippen LogP contribution >= 0.6 is 11.6 Å². The largest absolute Gasteiger partial charge is 0.466 e. The van der Waals surface area contributed by atoms with Gasteiger partial charge in [-0.1, -0.05) is 17.7 Å². The molecule has 0 aromatic heterocycles. The Morgan fingerprint density at radius 2 is 1.90 bits per heavy atom. The van der Waals surface area contributed by atoms with Gasteiger partial charge in [-0.3, -0.25) is 4.79 Å². The molecule has 0 spiro atoms. The summed E-state index contributed by atoms with van der Waals surface area (Å²) in [6.45, 7) is 7.51. The van der Waals surface area contributed by atoms with Crippen LogP contribution in [0.1, 0.15) is 50.0 Å². The van der Waals surface area contributed by atoms with Crippen LogP contribution in [0.4, 0.5) is 0 Å². The summed E-state index contributed by atoms with van der Waals surface area (Å²) in [5, 5.41) is 0.337. The van der Waals surface area contributed by atoms with Gasteiger partial charge >= 0.3 is 11.9 Å². The molecule has 0 saturated heterocycles. The zero-order valence-corrected chi connectivity index (χ0v) is 13.6. The van der Waals surface area contributed by atoms with Crippen molar-refractivity contribution in [1.29, 1.82) is 0 Å². The van der Waals surface area contributed by atoms with Crippen LogP contribution < -0.4 is 0 Å². The molecule has 0 radical (unpaired) electrons. The van der Waals surface area contributed by atoms with E-state index in [9.17, 15) is 9.59 Å². The molecule has 0 heterocycles. The van der Waals surface area contributed by atoms with Crippen LogP contribution in [0.5, 0.6) is 0 Å². The van der Waals surface area contributed by atoms with E-state index in [0.717, 1.165) is 5.56 Å². The molecule has 0 atom stereocenters. The van der Waals surface area contributed by atoms with E-state index >= 15 is 0 Å². The van der Waals surface area contributed by atoms with Crippen LogP contribution in [0.25, 0.3) is 0 Å². The molecule has 0 aliphatic rings. The fourth-order valence-corrected chi connectivity index (χ4v) is 1.89. The molecule has 21 heavy (non-hydrogen) atoms. The van der Waals surface area contributed by atoms with Crippen LogP contribution in [0.3, 0.4) is 0 Å². The van der Waals surface area contributed by atoms with E-state index in [-0.39, 0.29) is 12.4 Å². The minimum absolute atomic E-state index is 0.258. The van der Waals surface area contributed by atoms with Gasteiger partial charge < -0.3 is 9.47 Å². The number of carbonyl (C=O) groups is 2. The van der Waals surface area contributed by atoms with Gasteiger partial charge in [0, 0.05) is 6.42 Å². The highest BCUT2D eigenvalue weighted by atomic mass is 35.5. The first-order chi connectivity index (χ1) is 9.73. The summed E-state index contributed by atoms with van der Waals surface area (Å²) in [6.07, 6.45) is 0.759. The summed E-state index contributed by atoms with van der Waals surface area (Å²) in [7, 11) is 0. The van der Waals surface area contributed by atoms with Gasteiger partial charge in [0.05, 0.1) is 17.2 Å². The fourth-order valence-electron chi connectivity index (χ4n) is 1.70. The standard InChI is InChI=1S/C16H21ClO4/c1-5-20-14(18)9-7-11-6-8-13(17)12(10-11)15(19)21-16(2,3)4/h6,8,10H,5,7,9H2,1-4H3. The Kier molecular flexibility index (Phi) is 6.21. The smallest absolute Gasteiger partial charge is 0.340 e. The number of ether oxygens (including phenoxy) is 2. The van der Waals surface area contributed by atoms with Crippen molar-refractivity contribution in [2.45, 2.75) is 46.1 Å². The van der Waals surface area contributed by atoms with Gasteiger partial charge in [0.2, 0.25) is 0 Å². The SMILES string of the molecule is CCOC(=O)CCc1ccc(Cl)c(C(=O)OC(C)(C)C)c1. The summed E-state index contributed by atoms with van der Waals surface area (Å²) in [5.74, 6) is -0.725. The third-order valence-corrected chi connectivity index (χ3v) is 2.90. The average Bonchev–Trinajstić information content (AvgIpc) is 2.36. The van der Waals surface area contributed by atoms with Gasteiger partial charge in [0.1, 0.15) is 5.60 Å². The zero-order valence-electron chi connectivity index (χ0n) is 12.9. The molecule has 1 rings (SSSR count). The molecular formula is C16H21ClO4. The number of rotatable bonds is 5. The first-order valence-corrected chi connectivity index (χ1v) is 7.28. The third kappa shape index (κ3) is 6.17. The van der Waals surface area contributed by atoms with Crippen LogP contribution in [0, 0.1) is 0 Å². The van der Waals surface area contributed by atoms with Crippen molar-refractivity contribution < 1.29 is 19.1 Å². The molecule has 1 aromatic rings. The lowest BCUT2D eigenvalue weighted by atomic mass is 10.1. The summed E-state index contributed by atoms with van der Waals surface area (Å²) in [5.41, 5.74) is 0.572. The second-order valence-corrected chi connectivity index (χ2v) is 6.03. The zero-order chi connectivity index (χ0) is 16.0. The predicted molar refractivity (Wildman–Crippen MR) is 81.6 cm³/mol. The quantitative estimate of drug-likeness (QED) is 0.776. The number of hydrogen-bond donors (Lipinski definition) is 0. The minimum Gasteiger partial charge on any atom is -0.466 e. The number of benzene rings is 1. The Morgan fingerprint density at radius 3 is 2.48 bits per heavy atom. The first-order valence-electron chi connectivity index (χ1n) is 6.90. The Balaban J connectivity index is 2.80. The number of hydrogen-bond acceptors (Lipinski definition) is 4. The Morgan fingerprint density at radius 1 is 1.24 bits per heavy atom. The molecule has 5 heteroatoms. The molecular weight excluding hydrogens is 292 g/mol. The maximum Gasteiger partial charge on any atom is 0.340 e. The Labute approximate surface area is 130 Å². The maximum absolute atomic E-state index is 12.1. The van der Waals surface area contributed by atoms with E-state index in [1.54, 1.807) is 45.9 Å². The van der Waals surface area contributed by atoms with Crippen LogP contribution in [0.2, 0.25) is 5.02 Å². The van der Waals surface area contributed by atoms with Crippen molar-refractivity contribution in [3.63, 3.8) is 0 Å². The summed E-state index contributed by atoms with van der Waals surface area (Å²) in [4.78, 5) is 23.4. The van der Waals surface area contributed by atoms with Crippen LogP contribution in [0.15, 0.2) is 18.2 Å². The Hall–Kier alpha value is -1.55. The normalized spacial score (nSPS) is 11.1. The van der Waals surface area contributed by atoms with E-state index in [2.05, 4.69) is 0 Å². The fraction of sp³-hybridized carbons (Fsp3) is 0.500. The summed E-state index contributed by atoms with van der Waals surface area (Å²) >= 11 is 6.04. The first kappa shape index (κ1) is 17.5. The topological polar surface area (TPSA) is 52.6 Å². The van der Waals surface area contributed by atoms with Crippen molar-refractivity contribution in [3.8, 4) is 0 Å². The van der Waals surface area contributed by atoms with Crippen LogP contribution in [-0.2, 0) is 20.7 Å². The van der Waals surface area contributed by atoms with E-state index in [4.69, 9.17) is 21.1 Å². The molecule has 0 aliphatic carbocycles. The monoisotopic (exact) mass is 312 g/mol. The van der Waals surface area contributed by atoms with Gasteiger partial charge in [0.15, 0.2) is 0 Å². The average molecular weight is 313 g/mol. The van der Waals surface area contributed by atoms with Crippen molar-refractivity contribution in [1.82, 2.24) is 0 Å².